The molecular weight excluding hydrogens is 340 g/mol. The zero-order chi connectivity index (χ0) is 18.8. The van der Waals surface area contributed by atoms with Crippen LogP contribution < -0.4 is 5.76 Å². The highest BCUT2D eigenvalue weighted by Gasteiger charge is 2.15. The van der Waals surface area contributed by atoms with Gasteiger partial charge in [0.1, 0.15) is 23.0 Å². The summed E-state index contributed by atoms with van der Waals surface area (Å²) in [5, 5.41) is 27.8. The van der Waals surface area contributed by atoms with Crippen LogP contribution in [0.2, 0.25) is 0 Å². The number of carbonyl (C=O) groups excluding carboxylic acids is 1. The number of phenols is 1. The van der Waals surface area contributed by atoms with Gasteiger partial charge in [0, 0.05) is 5.56 Å². The number of oxazole rings is 1. The van der Waals surface area contributed by atoms with Gasteiger partial charge in [-0.25, -0.2) is 9.59 Å². The molecule has 0 aliphatic carbocycles. The van der Waals surface area contributed by atoms with E-state index in [0.29, 0.717) is 5.52 Å². The molecule has 1 heterocycles. The van der Waals surface area contributed by atoms with Gasteiger partial charge in [0.25, 0.3) is 0 Å². The molecule has 26 heavy (non-hydrogen) atoms. The number of ketones is 1. The maximum Gasteiger partial charge on any atom is 0.417 e. The maximum absolute atomic E-state index is 12.5. The van der Waals surface area contributed by atoms with Crippen LogP contribution >= 0.6 is 0 Å². The van der Waals surface area contributed by atoms with Gasteiger partial charge in [0.2, 0.25) is 5.78 Å². The van der Waals surface area contributed by atoms with Crippen LogP contribution in [0.25, 0.3) is 17.2 Å². The van der Waals surface area contributed by atoms with Crippen LogP contribution in [0.5, 0.6) is 5.75 Å². The van der Waals surface area contributed by atoms with Gasteiger partial charge in [-0.3, -0.25) is 9.78 Å². The monoisotopic (exact) mass is 350 g/mol. The largest absolute Gasteiger partial charge is 0.507 e. The van der Waals surface area contributed by atoms with Crippen molar-refractivity contribution in [2.24, 2.45) is 0 Å². The highest BCUT2D eigenvalue weighted by atomic mass is 16.4. The number of aromatic hydroxyl groups is 1. The predicted octanol–water partition coefficient (Wildman–Crippen LogP) is 2.31. The summed E-state index contributed by atoms with van der Waals surface area (Å²) in [5.41, 5.74) is 0.426. The number of nitrogens with one attached hydrogen (secondary N) is 1. The molecule has 0 spiro atoms. The van der Waals surface area contributed by atoms with Crippen molar-refractivity contribution in [2.75, 3.05) is 0 Å². The average molecular weight is 350 g/mol. The number of aromatic amines is 1. The first kappa shape index (κ1) is 16.7. The highest BCUT2D eigenvalue weighted by Crippen LogP contribution is 2.21. The molecule has 0 aliphatic heterocycles. The third-order valence-electron chi connectivity index (χ3n) is 3.61. The molecule has 8 nitrogen and oxygen atoms in total. The molecule has 0 radical (unpaired) electrons. The molecule has 3 rings (SSSR count). The second-order valence-electron chi connectivity index (χ2n) is 5.31. The van der Waals surface area contributed by atoms with Gasteiger partial charge < -0.3 is 14.6 Å². The number of H-pyrrole nitrogens is 1. The summed E-state index contributed by atoms with van der Waals surface area (Å²) in [6.45, 7) is 0. The smallest absolute Gasteiger partial charge is 0.417 e. The van der Waals surface area contributed by atoms with Gasteiger partial charge in [-0.05, 0) is 42.0 Å². The van der Waals surface area contributed by atoms with E-state index < -0.39 is 23.3 Å². The molecule has 0 atom stereocenters. The normalized spacial score (nSPS) is 11.3. The Balaban J connectivity index is 2.01. The number of aromatic nitrogens is 1. The van der Waals surface area contributed by atoms with Crippen molar-refractivity contribution in [3.05, 3.63) is 69.2 Å². The molecular formula is C18H10N2O6. The van der Waals surface area contributed by atoms with Crippen molar-refractivity contribution in [3.63, 3.8) is 0 Å². The maximum atomic E-state index is 12.5. The lowest BCUT2D eigenvalue weighted by Crippen LogP contribution is -2.02. The van der Waals surface area contributed by atoms with Crippen LogP contribution in [0, 0.1) is 11.3 Å². The number of carboxylic acid groups (broad SMARTS) is 1. The minimum atomic E-state index is -1.34. The molecule has 0 aliphatic rings. The standard InChI is InChI=1S/C18H10N2O6/c19-8-11(5-9-1-3-14(21)12(6-9)17(23)24)16(22)10-2-4-15-13(7-10)20-18(25)26-15/h1-7,21H,(H,20,25)(H,23,24). The van der Waals surface area contributed by atoms with E-state index in [0.717, 1.165) is 12.1 Å². The second-order valence-corrected chi connectivity index (χ2v) is 5.31. The number of carbonyl (C=O) groups is 2. The van der Waals surface area contributed by atoms with E-state index in [1.54, 1.807) is 6.07 Å². The highest BCUT2D eigenvalue weighted by molar-refractivity contribution is 6.15. The molecule has 0 saturated carbocycles. The number of benzene rings is 2. The van der Waals surface area contributed by atoms with E-state index in [-0.39, 0.29) is 27.8 Å². The number of hydrogen-bond acceptors (Lipinski definition) is 6. The first-order valence-corrected chi connectivity index (χ1v) is 7.24. The lowest BCUT2D eigenvalue weighted by molar-refractivity contribution is 0.0693. The van der Waals surface area contributed by atoms with Gasteiger partial charge in [-0.15, -0.1) is 0 Å². The molecule has 0 bridgehead atoms. The zero-order valence-electron chi connectivity index (χ0n) is 13.0. The number of nitriles is 1. The first-order chi connectivity index (χ1) is 12.4. The fraction of sp³-hybridized carbons (Fsp3) is 0. The van der Waals surface area contributed by atoms with E-state index in [1.807, 2.05) is 0 Å². The van der Waals surface area contributed by atoms with Gasteiger partial charge in [-0.2, -0.15) is 5.26 Å². The number of carboxylic acids is 1. The summed E-state index contributed by atoms with van der Waals surface area (Å²) >= 11 is 0. The molecule has 0 unspecified atom stereocenters. The Kier molecular flexibility index (Phi) is 4.12. The number of Topliss-reactive ketones (excluding diaryl/α,β-unsaturated/α-hetero) is 1. The van der Waals surface area contributed by atoms with E-state index in [9.17, 15) is 24.8 Å². The van der Waals surface area contributed by atoms with Crippen LogP contribution in [0.4, 0.5) is 0 Å². The van der Waals surface area contributed by atoms with Gasteiger partial charge >= 0.3 is 11.7 Å². The predicted molar refractivity (Wildman–Crippen MR) is 89.8 cm³/mol. The van der Waals surface area contributed by atoms with Crippen molar-refractivity contribution >= 4 is 28.9 Å². The van der Waals surface area contributed by atoms with Crippen molar-refractivity contribution in [1.29, 1.82) is 5.26 Å². The molecule has 1 aromatic heterocycles. The van der Waals surface area contributed by atoms with E-state index in [2.05, 4.69) is 4.98 Å². The van der Waals surface area contributed by atoms with Crippen LogP contribution in [0.15, 0.2) is 51.2 Å². The molecule has 3 N–H and O–H groups in total. The minimum absolute atomic E-state index is 0.152. The van der Waals surface area contributed by atoms with E-state index in [4.69, 9.17) is 9.52 Å². The topological polar surface area (TPSA) is 144 Å². The number of rotatable bonds is 4. The number of aromatic carboxylic acids is 1. The number of fused-ring (bicyclic) bond motifs is 1. The van der Waals surface area contributed by atoms with Gasteiger partial charge in [0.05, 0.1) is 5.52 Å². The van der Waals surface area contributed by atoms with Gasteiger partial charge in [-0.1, -0.05) is 6.07 Å². The van der Waals surface area contributed by atoms with E-state index >= 15 is 0 Å². The third-order valence-corrected chi connectivity index (χ3v) is 3.61. The summed E-state index contributed by atoms with van der Waals surface area (Å²) < 4.78 is 4.85. The van der Waals surface area contributed by atoms with Crippen molar-refractivity contribution < 1.29 is 24.2 Å². The van der Waals surface area contributed by atoms with Crippen molar-refractivity contribution in [1.82, 2.24) is 4.98 Å². The van der Waals surface area contributed by atoms with Crippen LogP contribution in [0.3, 0.4) is 0 Å². The first-order valence-electron chi connectivity index (χ1n) is 7.24. The number of nitrogens with zero attached hydrogens (tertiary/aromatic N) is 1. The quantitative estimate of drug-likeness (QED) is 0.372. The lowest BCUT2D eigenvalue weighted by atomic mass is 10.0. The average Bonchev–Trinajstić information content (AvgIpc) is 2.99. The Hall–Kier alpha value is -4.12. The molecule has 2 aromatic carbocycles. The van der Waals surface area contributed by atoms with Crippen LogP contribution in [-0.4, -0.2) is 26.9 Å². The Morgan fingerprint density at radius 1 is 1.19 bits per heavy atom. The molecule has 0 saturated heterocycles. The van der Waals surface area contributed by atoms with Gasteiger partial charge in [0.15, 0.2) is 5.58 Å². The van der Waals surface area contributed by atoms with Crippen molar-refractivity contribution in [3.8, 4) is 11.8 Å². The summed E-state index contributed by atoms with van der Waals surface area (Å²) in [6.07, 6.45) is 1.22. The fourth-order valence-corrected chi connectivity index (χ4v) is 2.38. The summed E-state index contributed by atoms with van der Waals surface area (Å²) in [6, 6.07) is 9.69. The lowest BCUT2D eigenvalue weighted by Gasteiger charge is -2.03. The van der Waals surface area contributed by atoms with Crippen molar-refractivity contribution in [2.45, 2.75) is 0 Å². The molecule has 128 valence electrons. The Labute approximate surface area is 145 Å². The Bertz CT molecular complexity index is 1180. The summed E-state index contributed by atoms with van der Waals surface area (Å²) in [5.74, 6) is -3.03. The third kappa shape index (κ3) is 3.09. The van der Waals surface area contributed by atoms with Crippen LogP contribution in [-0.2, 0) is 0 Å². The second kappa shape index (κ2) is 6.41. The Morgan fingerprint density at radius 3 is 2.65 bits per heavy atom. The SMILES string of the molecule is N#CC(=Cc1ccc(O)c(C(=O)O)c1)C(=O)c1ccc2oc(=O)[nH]c2c1. The fourth-order valence-electron chi connectivity index (χ4n) is 2.38. The number of allylic oxidation sites excluding steroid dienone is 1. The molecule has 0 fully saturated rings. The number of hydrogen-bond donors (Lipinski definition) is 3. The van der Waals surface area contributed by atoms with E-state index in [1.165, 1.54) is 30.3 Å². The summed E-state index contributed by atoms with van der Waals surface area (Å²) in [7, 11) is 0. The molecule has 8 heteroatoms. The molecule has 3 aromatic rings. The zero-order valence-corrected chi connectivity index (χ0v) is 13.0. The summed E-state index contributed by atoms with van der Waals surface area (Å²) in [4.78, 5) is 37.2. The Morgan fingerprint density at radius 2 is 1.96 bits per heavy atom. The molecule has 0 amide bonds. The minimum Gasteiger partial charge on any atom is -0.507 e. The van der Waals surface area contributed by atoms with Crippen LogP contribution in [0.1, 0.15) is 26.3 Å².